The van der Waals surface area contributed by atoms with E-state index in [1.807, 2.05) is 30.0 Å². The van der Waals surface area contributed by atoms with Crippen LogP contribution in [-0.4, -0.2) is 54.2 Å². The number of thioether (sulfide) groups is 1. The van der Waals surface area contributed by atoms with Crippen LogP contribution in [0, 0.1) is 0 Å². The van der Waals surface area contributed by atoms with Gasteiger partial charge in [-0.3, -0.25) is 4.79 Å². The number of amides is 1. The predicted molar refractivity (Wildman–Crippen MR) is 92.3 cm³/mol. The molecule has 22 heavy (non-hydrogen) atoms. The zero-order valence-corrected chi connectivity index (χ0v) is 14.6. The van der Waals surface area contributed by atoms with Gasteiger partial charge >= 0.3 is 0 Å². The van der Waals surface area contributed by atoms with Crippen LogP contribution in [0.2, 0.25) is 0 Å². The Hall–Kier alpha value is -1.20. The van der Waals surface area contributed by atoms with E-state index in [4.69, 9.17) is 4.74 Å². The molecule has 4 nitrogen and oxygen atoms in total. The molecular weight excluding hydrogens is 296 g/mol. The van der Waals surface area contributed by atoms with E-state index in [1.54, 1.807) is 11.8 Å². The molecule has 1 heterocycles. The molecule has 0 spiro atoms. The minimum atomic E-state index is 0.0748. The molecule has 1 atom stereocenters. The second-order valence-corrected chi connectivity index (χ2v) is 6.32. The van der Waals surface area contributed by atoms with E-state index in [1.165, 1.54) is 0 Å². The molecule has 0 aromatic heterocycles. The van der Waals surface area contributed by atoms with Crippen LogP contribution < -0.4 is 4.74 Å². The fourth-order valence-corrected chi connectivity index (χ4v) is 3.96. The molecular formula is C17H26N2O2S. The van der Waals surface area contributed by atoms with Crippen molar-refractivity contribution >= 4 is 17.7 Å². The van der Waals surface area contributed by atoms with Crippen molar-refractivity contribution in [2.75, 3.05) is 38.5 Å². The van der Waals surface area contributed by atoms with Gasteiger partial charge in [-0.25, -0.2) is 0 Å². The summed E-state index contributed by atoms with van der Waals surface area (Å²) >= 11 is 1.70. The van der Waals surface area contributed by atoms with Gasteiger partial charge in [0.1, 0.15) is 11.1 Å². The molecule has 1 aliphatic rings. The summed E-state index contributed by atoms with van der Waals surface area (Å²) in [5.41, 5.74) is 1.11. The Labute approximate surface area is 137 Å². The van der Waals surface area contributed by atoms with Gasteiger partial charge < -0.3 is 14.5 Å². The van der Waals surface area contributed by atoms with Gasteiger partial charge in [0.05, 0.1) is 12.4 Å². The second kappa shape index (κ2) is 8.44. The number of hydrogen-bond acceptors (Lipinski definition) is 4. The van der Waals surface area contributed by atoms with Crippen molar-refractivity contribution in [3.63, 3.8) is 0 Å². The molecule has 1 amide bonds. The fraction of sp³-hybridized carbons (Fsp3) is 0.588. The lowest BCUT2D eigenvalue weighted by atomic mass is 10.2. The van der Waals surface area contributed by atoms with Crippen molar-refractivity contribution in [2.45, 2.75) is 26.1 Å². The topological polar surface area (TPSA) is 32.8 Å². The number of benzene rings is 1. The maximum Gasteiger partial charge on any atom is 0.233 e. The van der Waals surface area contributed by atoms with E-state index in [9.17, 15) is 4.79 Å². The summed E-state index contributed by atoms with van der Waals surface area (Å²) in [4.78, 5) is 16.6. The lowest BCUT2D eigenvalue weighted by molar-refractivity contribution is -0.128. The number of ether oxygens (including phenoxy) is 1. The average Bonchev–Trinajstić information content (AvgIpc) is 2.90. The van der Waals surface area contributed by atoms with Gasteiger partial charge in [0.15, 0.2) is 0 Å². The lowest BCUT2D eigenvalue weighted by Gasteiger charge is -2.28. The van der Waals surface area contributed by atoms with Crippen molar-refractivity contribution in [1.82, 2.24) is 9.80 Å². The first-order chi connectivity index (χ1) is 10.7. The number of nitrogens with zero attached hydrogens (tertiary/aromatic N) is 2. The second-order valence-electron chi connectivity index (χ2n) is 5.25. The van der Waals surface area contributed by atoms with Crippen molar-refractivity contribution < 1.29 is 9.53 Å². The van der Waals surface area contributed by atoms with Crippen molar-refractivity contribution in [1.29, 1.82) is 0 Å². The number of likely N-dealkylation sites (N-methyl/N-ethyl adjacent to an activating group) is 1. The van der Waals surface area contributed by atoms with Crippen LogP contribution >= 0.6 is 11.8 Å². The van der Waals surface area contributed by atoms with Gasteiger partial charge in [-0.05, 0) is 26.1 Å². The molecule has 122 valence electrons. The summed E-state index contributed by atoms with van der Waals surface area (Å²) in [6.45, 7) is 10.7. The molecule has 1 unspecified atom stereocenters. The van der Waals surface area contributed by atoms with Crippen molar-refractivity contribution in [2.24, 2.45) is 0 Å². The third-order valence-corrected chi connectivity index (χ3v) is 5.24. The average molecular weight is 322 g/mol. The van der Waals surface area contributed by atoms with Crippen molar-refractivity contribution in [3.8, 4) is 5.75 Å². The fourth-order valence-electron chi connectivity index (χ4n) is 2.71. The first-order valence-corrected chi connectivity index (χ1v) is 9.11. The number of hydrogen-bond donors (Lipinski definition) is 0. The van der Waals surface area contributed by atoms with E-state index in [0.717, 1.165) is 37.5 Å². The Kier molecular flexibility index (Phi) is 6.58. The van der Waals surface area contributed by atoms with Gasteiger partial charge in [-0.15, -0.1) is 11.8 Å². The molecule has 1 aromatic rings. The minimum absolute atomic E-state index is 0.0748. The highest BCUT2D eigenvalue weighted by molar-refractivity contribution is 8.00. The molecule has 0 N–H and O–H groups in total. The lowest BCUT2D eigenvalue weighted by Crippen LogP contribution is -2.37. The van der Waals surface area contributed by atoms with Crippen LogP contribution in [0.4, 0.5) is 0 Å². The Bertz CT molecular complexity index is 491. The molecule has 5 heteroatoms. The van der Waals surface area contributed by atoms with Crippen LogP contribution in [0.25, 0.3) is 0 Å². The van der Waals surface area contributed by atoms with E-state index in [2.05, 4.69) is 24.8 Å². The monoisotopic (exact) mass is 322 g/mol. The molecule has 2 rings (SSSR count). The standard InChI is InChI=1S/C17H26N2O2S/c1-4-18(5-2)11-12-19-16(20)13-22-17(19)14-9-7-8-10-15(14)21-6-3/h7-10,17H,4-6,11-13H2,1-3H3. The molecule has 0 bridgehead atoms. The third-order valence-electron chi connectivity index (χ3n) is 4.00. The number of rotatable bonds is 8. The number of carbonyl (C=O) groups is 1. The quantitative estimate of drug-likeness (QED) is 0.736. The van der Waals surface area contributed by atoms with Crippen molar-refractivity contribution in [3.05, 3.63) is 29.8 Å². The summed E-state index contributed by atoms with van der Waals surface area (Å²) in [6.07, 6.45) is 0. The van der Waals surface area contributed by atoms with E-state index in [-0.39, 0.29) is 11.3 Å². The maximum absolute atomic E-state index is 12.3. The van der Waals surface area contributed by atoms with Crippen LogP contribution in [0.1, 0.15) is 31.7 Å². The van der Waals surface area contributed by atoms with Gasteiger partial charge in [0, 0.05) is 18.7 Å². The summed E-state index contributed by atoms with van der Waals surface area (Å²) in [5.74, 6) is 1.68. The van der Waals surface area contributed by atoms with Crippen LogP contribution in [-0.2, 0) is 4.79 Å². The first-order valence-electron chi connectivity index (χ1n) is 8.06. The van der Waals surface area contributed by atoms with Gasteiger partial charge in [-0.1, -0.05) is 32.0 Å². The Morgan fingerprint density at radius 2 is 2.00 bits per heavy atom. The molecule has 0 saturated carbocycles. The van der Waals surface area contributed by atoms with Gasteiger partial charge in [0.2, 0.25) is 5.91 Å². The molecule has 0 radical (unpaired) electrons. The number of para-hydroxylation sites is 1. The highest BCUT2D eigenvalue weighted by Crippen LogP contribution is 2.42. The highest BCUT2D eigenvalue weighted by atomic mass is 32.2. The van der Waals surface area contributed by atoms with Gasteiger partial charge in [0.25, 0.3) is 0 Å². The highest BCUT2D eigenvalue weighted by Gasteiger charge is 2.34. The Morgan fingerprint density at radius 3 is 2.68 bits per heavy atom. The Morgan fingerprint density at radius 1 is 1.27 bits per heavy atom. The van der Waals surface area contributed by atoms with Gasteiger partial charge in [-0.2, -0.15) is 0 Å². The largest absolute Gasteiger partial charge is 0.493 e. The molecule has 1 fully saturated rings. The normalized spacial score (nSPS) is 18.3. The molecule has 1 saturated heterocycles. The summed E-state index contributed by atoms with van der Waals surface area (Å²) < 4.78 is 5.74. The zero-order chi connectivity index (χ0) is 15.9. The Balaban J connectivity index is 2.13. The summed E-state index contributed by atoms with van der Waals surface area (Å²) in [6, 6.07) is 8.07. The third kappa shape index (κ3) is 3.96. The van der Waals surface area contributed by atoms with Crippen LogP contribution in [0.15, 0.2) is 24.3 Å². The zero-order valence-electron chi connectivity index (χ0n) is 13.7. The van der Waals surface area contributed by atoms with Crippen LogP contribution in [0.5, 0.6) is 5.75 Å². The molecule has 0 aliphatic carbocycles. The smallest absolute Gasteiger partial charge is 0.233 e. The summed E-state index contributed by atoms with van der Waals surface area (Å²) in [5, 5.41) is 0.0748. The first kappa shape index (κ1) is 17.2. The maximum atomic E-state index is 12.3. The number of carbonyl (C=O) groups excluding carboxylic acids is 1. The molecule has 1 aromatic carbocycles. The van der Waals surface area contributed by atoms with E-state index in [0.29, 0.717) is 12.4 Å². The minimum Gasteiger partial charge on any atom is -0.493 e. The van der Waals surface area contributed by atoms with Crippen LogP contribution in [0.3, 0.4) is 0 Å². The summed E-state index contributed by atoms with van der Waals surface area (Å²) in [7, 11) is 0. The molecule has 1 aliphatic heterocycles. The van der Waals surface area contributed by atoms with E-state index < -0.39 is 0 Å². The SMILES string of the molecule is CCOc1ccccc1C1SCC(=O)N1CCN(CC)CC. The van der Waals surface area contributed by atoms with E-state index >= 15 is 0 Å². The predicted octanol–water partition coefficient (Wildman–Crippen LogP) is 3.00.